The van der Waals surface area contributed by atoms with Gasteiger partial charge in [-0.2, -0.15) is 0 Å². The van der Waals surface area contributed by atoms with Crippen LogP contribution in [0, 0.1) is 0 Å². The summed E-state index contributed by atoms with van der Waals surface area (Å²) in [7, 11) is 0. The van der Waals surface area contributed by atoms with Crippen LogP contribution in [0.4, 0.5) is 0 Å². The van der Waals surface area contributed by atoms with Crippen molar-refractivity contribution in [2.45, 2.75) is 26.3 Å². The molecule has 1 aromatic carbocycles. The highest BCUT2D eigenvalue weighted by molar-refractivity contribution is 6.04. The maximum Gasteiger partial charge on any atom is 0.189 e. The molecule has 0 amide bonds. The van der Waals surface area contributed by atoms with Gasteiger partial charge in [0.25, 0.3) is 0 Å². The van der Waals surface area contributed by atoms with Crippen molar-refractivity contribution in [2.24, 2.45) is 5.73 Å². The molecule has 0 unspecified atom stereocenters. The van der Waals surface area contributed by atoms with Gasteiger partial charge in [-0.05, 0) is 20.8 Å². The van der Waals surface area contributed by atoms with Crippen LogP contribution in [0.25, 0.3) is 0 Å². The molecule has 0 aliphatic carbocycles. The van der Waals surface area contributed by atoms with Gasteiger partial charge in [0.2, 0.25) is 0 Å². The van der Waals surface area contributed by atoms with Crippen LogP contribution in [-0.2, 0) is 0 Å². The van der Waals surface area contributed by atoms with Crippen molar-refractivity contribution in [3.8, 4) is 0 Å². The standard InChI is InChI=1S/C15H23N3O/c1-15(2,3)18-14(17-10-9-16)11-13(19)12-7-5-4-6-8-12/h4-8,11,17-18H,9-10,16H2,1-3H3. The third kappa shape index (κ3) is 6.06. The van der Waals surface area contributed by atoms with E-state index in [1.54, 1.807) is 18.2 Å². The Balaban J connectivity index is 2.84. The lowest BCUT2D eigenvalue weighted by Crippen LogP contribution is -2.41. The highest BCUT2D eigenvalue weighted by Crippen LogP contribution is 2.05. The average Bonchev–Trinajstić information content (AvgIpc) is 2.35. The lowest BCUT2D eigenvalue weighted by molar-refractivity contribution is 0.104. The number of carbonyl (C=O) groups excluding carboxylic acids is 1. The molecule has 0 aliphatic heterocycles. The fourth-order valence-corrected chi connectivity index (χ4v) is 1.56. The molecule has 104 valence electrons. The number of ketones is 1. The SMILES string of the molecule is CC(C)(C)NC(=CC(=O)c1ccccc1)NCCN. The Morgan fingerprint density at radius 1 is 1.26 bits per heavy atom. The average molecular weight is 261 g/mol. The lowest BCUT2D eigenvalue weighted by atomic mass is 10.1. The van der Waals surface area contributed by atoms with E-state index >= 15 is 0 Å². The molecule has 0 aromatic heterocycles. The second-order valence-electron chi connectivity index (χ2n) is 5.38. The Hall–Kier alpha value is -1.81. The molecule has 0 radical (unpaired) electrons. The van der Waals surface area contributed by atoms with Crippen molar-refractivity contribution in [2.75, 3.05) is 13.1 Å². The van der Waals surface area contributed by atoms with Gasteiger partial charge < -0.3 is 16.4 Å². The maximum absolute atomic E-state index is 12.1. The Morgan fingerprint density at radius 3 is 2.42 bits per heavy atom. The zero-order chi connectivity index (χ0) is 14.3. The quantitative estimate of drug-likeness (QED) is 0.538. The Bertz CT molecular complexity index is 432. The third-order valence-corrected chi connectivity index (χ3v) is 2.30. The van der Waals surface area contributed by atoms with E-state index in [0.29, 0.717) is 24.5 Å². The Morgan fingerprint density at radius 2 is 1.89 bits per heavy atom. The Kier molecular flexibility index (Phi) is 5.57. The summed E-state index contributed by atoms with van der Waals surface area (Å²) < 4.78 is 0. The molecule has 0 saturated heterocycles. The summed E-state index contributed by atoms with van der Waals surface area (Å²) in [6.07, 6.45) is 1.58. The summed E-state index contributed by atoms with van der Waals surface area (Å²) in [5.74, 6) is 0.670. The highest BCUT2D eigenvalue weighted by atomic mass is 16.1. The van der Waals surface area contributed by atoms with Crippen molar-refractivity contribution >= 4 is 5.78 Å². The van der Waals surface area contributed by atoms with Crippen LogP contribution in [0.15, 0.2) is 42.2 Å². The number of hydrogen-bond acceptors (Lipinski definition) is 4. The molecular weight excluding hydrogens is 238 g/mol. The van der Waals surface area contributed by atoms with E-state index in [1.165, 1.54) is 0 Å². The number of rotatable bonds is 6. The molecule has 4 heteroatoms. The Labute approximate surface area is 115 Å². The van der Waals surface area contributed by atoms with Crippen molar-refractivity contribution in [1.82, 2.24) is 10.6 Å². The first-order valence-electron chi connectivity index (χ1n) is 6.45. The fourth-order valence-electron chi connectivity index (χ4n) is 1.56. The van der Waals surface area contributed by atoms with Crippen LogP contribution >= 0.6 is 0 Å². The minimum Gasteiger partial charge on any atom is -0.371 e. The molecule has 0 heterocycles. The van der Waals surface area contributed by atoms with Gasteiger partial charge in [0.1, 0.15) is 5.82 Å². The van der Waals surface area contributed by atoms with Crippen LogP contribution in [0.1, 0.15) is 31.1 Å². The normalized spacial score (nSPS) is 12.1. The molecule has 0 spiro atoms. The summed E-state index contributed by atoms with van der Waals surface area (Å²) in [6, 6.07) is 9.20. The molecule has 0 bridgehead atoms. The van der Waals surface area contributed by atoms with Gasteiger partial charge in [0, 0.05) is 30.3 Å². The minimum absolute atomic E-state index is 0.0307. The monoisotopic (exact) mass is 261 g/mol. The summed E-state index contributed by atoms with van der Waals surface area (Å²) in [5.41, 5.74) is 6.03. The van der Waals surface area contributed by atoms with Crippen molar-refractivity contribution in [3.05, 3.63) is 47.8 Å². The van der Waals surface area contributed by atoms with Gasteiger partial charge in [0.05, 0.1) is 0 Å². The van der Waals surface area contributed by atoms with E-state index in [0.717, 1.165) is 0 Å². The van der Waals surface area contributed by atoms with E-state index in [1.807, 2.05) is 39.0 Å². The topological polar surface area (TPSA) is 67.2 Å². The minimum atomic E-state index is -0.121. The van der Waals surface area contributed by atoms with Gasteiger partial charge in [-0.15, -0.1) is 0 Å². The number of nitrogens with one attached hydrogen (secondary N) is 2. The zero-order valence-electron chi connectivity index (χ0n) is 11.9. The van der Waals surface area contributed by atoms with Crippen molar-refractivity contribution < 1.29 is 4.79 Å². The summed E-state index contributed by atoms with van der Waals surface area (Å²) >= 11 is 0. The fraction of sp³-hybridized carbons (Fsp3) is 0.400. The molecule has 4 nitrogen and oxygen atoms in total. The first-order chi connectivity index (χ1) is 8.92. The molecule has 0 fully saturated rings. The van der Waals surface area contributed by atoms with E-state index in [9.17, 15) is 4.79 Å². The van der Waals surface area contributed by atoms with E-state index in [-0.39, 0.29) is 11.3 Å². The van der Waals surface area contributed by atoms with Crippen LogP contribution in [0.3, 0.4) is 0 Å². The van der Waals surface area contributed by atoms with Crippen molar-refractivity contribution in [3.63, 3.8) is 0 Å². The largest absolute Gasteiger partial charge is 0.371 e. The summed E-state index contributed by atoms with van der Waals surface area (Å²) in [6.45, 7) is 7.26. The maximum atomic E-state index is 12.1. The lowest BCUT2D eigenvalue weighted by Gasteiger charge is -2.25. The van der Waals surface area contributed by atoms with Gasteiger partial charge in [-0.25, -0.2) is 0 Å². The predicted octanol–water partition coefficient (Wildman–Crippen LogP) is 1.65. The smallest absolute Gasteiger partial charge is 0.189 e. The summed E-state index contributed by atoms with van der Waals surface area (Å²) in [4.78, 5) is 12.1. The molecule has 0 aliphatic rings. The van der Waals surface area contributed by atoms with Crippen LogP contribution in [0.2, 0.25) is 0 Å². The molecular formula is C15H23N3O. The van der Waals surface area contributed by atoms with Gasteiger partial charge in [0.15, 0.2) is 5.78 Å². The van der Waals surface area contributed by atoms with Crippen molar-refractivity contribution in [1.29, 1.82) is 0 Å². The number of benzene rings is 1. The van der Waals surface area contributed by atoms with Gasteiger partial charge >= 0.3 is 0 Å². The van der Waals surface area contributed by atoms with Gasteiger partial charge in [-0.1, -0.05) is 30.3 Å². The zero-order valence-corrected chi connectivity index (χ0v) is 11.9. The second-order valence-corrected chi connectivity index (χ2v) is 5.38. The molecule has 1 aromatic rings. The summed E-state index contributed by atoms with van der Waals surface area (Å²) in [5, 5.41) is 6.40. The van der Waals surface area contributed by atoms with Gasteiger partial charge in [-0.3, -0.25) is 4.79 Å². The highest BCUT2D eigenvalue weighted by Gasteiger charge is 2.12. The van der Waals surface area contributed by atoms with E-state index < -0.39 is 0 Å². The molecule has 0 atom stereocenters. The number of carbonyl (C=O) groups is 1. The second kappa shape index (κ2) is 6.95. The molecule has 0 saturated carbocycles. The first kappa shape index (κ1) is 15.2. The number of hydrogen-bond donors (Lipinski definition) is 3. The van der Waals surface area contributed by atoms with E-state index in [4.69, 9.17) is 5.73 Å². The molecule has 4 N–H and O–H groups in total. The van der Waals surface area contributed by atoms with Crippen LogP contribution in [0.5, 0.6) is 0 Å². The van der Waals surface area contributed by atoms with Crippen LogP contribution in [-0.4, -0.2) is 24.4 Å². The molecule has 19 heavy (non-hydrogen) atoms. The third-order valence-electron chi connectivity index (χ3n) is 2.30. The predicted molar refractivity (Wildman–Crippen MR) is 78.8 cm³/mol. The van der Waals surface area contributed by atoms with Crippen LogP contribution < -0.4 is 16.4 Å². The van der Waals surface area contributed by atoms with E-state index in [2.05, 4.69) is 10.6 Å². The molecule has 1 rings (SSSR count). The number of allylic oxidation sites excluding steroid dienone is 1. The first-order valence-corrected chi connectivity index (χ1v) is 6.45. The number of nitrogens with two attached hydrogens (primary N) is 1.